The Kier molecular flexibility index (Phi) is 4.15. The summed E-state index contributed by atoms with van der Waals surface area (Å²) in [7, 11) is 0. The van der Waals surface area contributed by atoms with E-state index in [4.69, 9.17) is 5.11 Å². The number of rotatable bonds is 7. The van der Waals surface area contributed by atoms with E-state index in [-0.39, 0.29) is 6.04 Å². The van der Waals surface area contributed by atoms with Gasteiger partial charge < -0.3 is 10.4 Å². The molecule has 0 aromatic heterocycles. The Morgan fingerprint density at radius 3 is 2.65 bits per heavy atom. The normalized spacial score (nSPS) is 16.7. The van der Waals surface area contributed by atoms with E-state index < -0.39 is 5.97 Å². The second kappa shape index (κ2) is 5.82. The maximum Gasteiger partial charge on any atom is 0.320 e. The molecule has 3 heteroatoms. The molecule has 1 unspecified atom stereocenters. The highest BCUT2D eigenvalue weighted by Crippen LogP contribution is 2.32. The highest BCUT2D eigenvalue weighted by Gasteiger charge is 2.35. The summed E-state index contributed by atoms with van der Waals surface area (Å²) < 4.78 is 0. The molecule has 1 aromatic carbocycles. The predicted octanol–water partition coefficient (Wildman–Crippen LogP) is 2.07. The molecule has 1 saturated carbocycles. The van der Waals surface area contributed by atoms with Crippen molar-refractivity contribution in [3.8, 4) is 0 Å². The van der Waals surface area contributed by atoms with Crippen molar-refractivity contribution >= 4 is 5.97 Å². The zero-order valence-corrected chi connectivity index (χ0v) is 9.93. The number of nitrogens with one attached hydrogen (secondary N) is 1. The quantitative estimate of drug-likeness (QED) is 0.709. The molecule has 1 fully saturated rings. The zero-order chi connectivity index (χ0) is 12.1. The first-order valence-corrected chi connectivity index (χ1v) is 6.27. The molecule has 3 nitrogen and oxygen atoms in total. The summed E-state index contributed by atoms with van der Waals surface area (Å²) in [5, 5.41) is 12.2. The van der Waals surface area contributed by atoms with Crippen LogP contribution in [0, 0.1) is 5.92 Å². The summed E-state index contributed by atoms with van der Waals surface area (Å²) in [5.41, 5.74) is 1.31. The molecule has 0 heterocycles. The smallest absolute Gasteiger partial charge is 0.320 e. The van der Waals surface area contributed by atoms with Crippen molar-refractivity contribution in [1.82, 2.24) is 5.32 Å². The summed E-state index contributed by atoms with van der Waals surface area (Å²) in [5.74, 6) is -0.337. The number of hydrogen-bond acceptors (Lipinski definition) is 2. The van der Waals surface area contributed by atoms with E-state index in [1.54, 1.807) is 0 Å². The summed E-state index contributed by atoms with van der Waals surface area (Å²) in [6.07, 6.45) is 4.11. The minimum absolute atomic E-state index is 0.328. The lowest BCUT2D eigenvalue weighted by molar-refractivity contribution is -0.140. The standard InChI is InChI=1S/C14H19NO2/c16-14(17)13(12-8-9-12)15-10-4-7-11-5-2-1-3-6-11/h1-3,5-6,12-13,15H,4,7-10H2,(H,16,17). The molecule has 0 amide bonds. The summed E-state index contributed by atoms with van der Waals surface area (Å²) in [6, 6.07) is 9.96. The van der Waals surface area contributed by atoms with Gasteiger partial charge in [-0.2, -0.15) is 0 Å². The van der Waals surface area contributed by atoms with Crippen molar-refractivity contribution in [3.05, 3.63) is 35.9 Å². The van der Waals surface area contributed by atoms with E-state index in [9.17, 15) is 4.79 Å². The first-order valence-electron chi connectivity index (χ1n) is 6.27. The van der Waals surface area contributed by atoms with Crippen LogP contribution in [-0.2, 0) is 11.2 Å². The summed E-state index contributed by atoms with van der Waals surface area (Å²) >= 11 is 0. The van der Waals surface area contributed by atoms with Gasteiger partial charge >= 0.3 is 5.97 Å². The lowest BCUT2D eigenvalue weighted by Crippen LogP contribution is -2.39. The molecule has 1 atom stereocenters. The Labute approximate surface area is 102 Å². The van der Waals surface area contributed by atoms with Crippen LogP contribution in [-0.4, -0.2) is 23.7 Å². The van der Waals surface area contributed by atoms with E-state index in [0.717, 1.165) is 32.2 Å². The van der Waals surface area contributed by atoms with Gasteiger partial charge in [0.15, 0.2) is 0 Å². The Bertz CT molecular complexity index is 360. The Morgan fingerprint density at radius 1 is 1.35 bits per heavy atom. The molecule has 0 bridgehead atoms. The predicted molar refractivity (Wildman–Crippen MR) is 66.9 cm³/mol. The number of aliphatic carboxylic acids is 1. The molecule has 1 aliphatic rings. The van der Waals surface area contributed by atoms with Crippen LogP contribution in [0.4, 0.5) is 0 Å². The molecule has 0 spiro atoms. The summed E-state index contributed by atoms with van der Waals surface area (Å²) in [4.78, 5) is 11.0. The van der Waals surface area contributed by atoms with Gasteiger partial charge in [0.2, 0.25) is 0 Å². The first kappa shape index (κ1) is 12.1. The number of hydrogen-bond donors (Lipinski definition) is 2. The van der Waals surface area contributed by atoms with Crippen molar-refractivity contribution in [2.45, 2.75) is 31.7 Å². The van der Waals surface area contributed by atoms with Gasteiger partial charge in [-0.25, -0.2) is 0 Å². The van der Waals surface area contributed by atoms with Gasteiger partial charge in [-0.15, -0.1) is 0 Å². The van der Waals surface area contributed by atoms with Crippen LogP contribution < -0.4 is 5.32 Å². The molecule has 17 heavy (non-hydrogen) atoms. The maximum absolute atomic E-state index is 11.0. The molecule has 1 aliphatic carbocycles. The fourth-order valence-electron chi connectivity index (χ4n) is 2.08. The van der Waals surface area contributed by atoms with E-state index in [2.05, 4.69) is 17.4 Å². The van der Waals surface area contributed by atoms with Gasteiger partial charge in [0.25, 0.3) is 0 Å². The van der Waals surface area contributed by atoms with E-state index in [0.29, 0.717) is 5.92 Å². The third-order valence-corrected chi connectivity index (χ3v) is 3.21. The van der Waals surface area contributed by atoms with Crippen LogP contribution in [0.15, 0.2) is 30.3 Å². The van der Waals surface area contributed by atoms with Crippen molar-refractivity contribution in [2.24, 2.45) is 5.92 Å². The number of carboxylic acid groups (broad SMARTS) is 1. The number of benzene rings is 1. The molecular weight excluding hydrogens is 214 g/mol. The minimum atomic E-state index is -0.702. The van der Waals surface area contributed by atoms with Crippen molar-refractivity contribution < 1.29 is 9.90 Å². The monoisotopic (exact) mass is 233 g/mol. The molecular formula is C14H19NO2. The fourth-order valence-corrected chi connectivity index (χ4v) is 2.08. The van der Waals surface area contributed by atoms with Crippen molar-refractivity contribution in [2.75, 3.05) is 6.54 Å². The topological polar surface area (TPSA) is 49.3 Å². The number of aryl methyl sites for hydroxylation is 1. The molecule has 2 N–H and O–H groups in total. The second-order valence-corrected chi connectivity index (χ2v) is 4.70. The van der Waals surface area contributed by atoms with Gasteiger partial charge in [-0.3, -0.25) is 4.79 Å². The first-order chi connectivity index (χ1) is 8.27. The Balaban J connectivity index is 1.67. The lowest BCUT2D eigenvalue weighted by atomic mass is 10.1. The molecule has 1 aromatic rings. The van der Waals surface area contributed by atoms with Crippen molar-refractivity contribution in [3.63, 3.8) is 0 Å². The van der Waals surface area contributed by atoms with Crippen LogP contribution in [0.1, 0.15) is 24.8 Å². The summed E-state index contributed by atoms with van der Waals surface area (Å²) in [6.45, 7) is 0.780. The highest BCUT2D eigenvalue weighted by molar-refractivity contribution is 5.74. The van der Waals surface area contributed by atoms with Gasteiger partial charge in [-0.1, -0.05) is 30.3 Å². The maximum atomic E-state index is 11.0. The van der Waals surface area contributed by atoms with Crippen LogP contribution in [0.3, 0.4) is 0 Å². The van der Waals surface area contributed by atoms with E-state index in [1.807, 2.05) is 18.2 Å². The average molecular weight is 233 g/mol. The highest BCUT2D eigenvalue weighted by atomic mass is 16.4. The van der Waals surface area contributed by atoms with Crippen LogP contribution in [0.25, 0.3) is 0 Å². The van der Waals surface area contributed by atoms with Gasteiger partial charge in [0.1, 0.15) is 6.04 Å². The largest absolute Gasteiger partial charge is 0.480 e. The average Bonchev–Trinajstić information content (AvgIpc) is 3.14. The SMILES string of the molecule is O=C(O)C(NCCCc1ccccc1)C1CC1. The molecule has 0 aliphatic heterocycles. The Morgan fingerprint density at radius 2 is 2.06 bits per heavy atom. The van der Waals surface area contributed by atoms with Crippen LogP contribution in [0.5, 0.6) is 0 Å². The molecule has 2 rings (SSSR count). The molecule has 0 saturated heterocycles. The number of carbonyl (C=O) groups is 1. The zero-order valence-electron chi connectivity index (χ0n) is 9.93. The third kappa shape index (κ3) is 3.86. The Hall–Kier alpha value is -1.35. The van der Waals surface area contributed by atoms with Gasteiger partial charge in [0.05, 0.1) is 0 Å². The van der Waals surface area contributed by atoms with Crippen LogP contribution in [0.2, 0.25) is 0 Å². The van der Waals surface area contributed by atoms with Crippen molar-refractivity contribution in [1.29, 1.82) is 0 Å². The van der Waals surface area contributed by atoms with Gasteiger partial charge in [-0.05, 0) is 43.7 Å². The third-order valence-electron chi connectivity index (χ3n) is 3.21. The van der Waals surface area contributed by atoms with Gasteiger partial charge in [0, 0.05) is 0 Å². The van der Waals surface area contributed by atoms with E-state index >= 15 is 0 Å². The number of carboxylic acids is 1. The van der Waals surface area contributed by atoms with Crippen LogP contribution >= 0.6 is 0 Å². The van der Waals surface area contributed by atoms with E-state index in [1.165, 1.54) is 5.56 Å². The molecule has 92 valence electrons. The molecule has 0 radical (unpaired) electrons. The lowest BCUT2D eigenvalue weighted by Gasteiger charge is -2.13. The minimum Gasteiger partial charge on any atom is -0.480 e. The second-order valence-electron chi connectivity index (χ2n) is 4.70. The fraction of sp³-hybridized carbons (Fsp3) is 0.500.